The topological polar surface area (TPSA) is 94.8 Å². The molecule has 9 heteroatoms. The van der Waals surface area contributed by atoms with Crippen molar-refractivity contribution in [2.24, 2.45) is 0 Å². The Morgan fingerprint density at radius 3 is 2.48 bits per heavy atom. The minimum Gasteiger partial charge on any atom is -0.497 e. The smallest absolute Gasteiger partial charge is 0.274 e. The van der Waals surface area contributed by atoms with Gasteiger partial charge in [-0.25, -0.2) is 14.6 Å². The normalized spacial score (nSPS) is 14.0. The lowest BCUT2D eigenvalue weighted by Crippen LogP contribution is -2.33. The van der Waals surface area contributed by atoms with Crippen LogP contribution in [0.5, 0.6) is 5.75 Å². The van der Waals surface area contributed by atoms with Crippen LogP contribution in [-0.2, 0) is 5.75 Å². The van der Waals surface area contributed by atoms with E-state index < -0.39 is 0 Å². The van der Waals surface area contributed by atoms with Gasteiger partial charge >= 0.3 is 0 Å². The number of aromatic nitrogens is 5. The highest BCUT2D eigenvalue weighted by Crippen LogP contribution is 2.25. The number of ether oxygens (including phenoxy) is 1. The number of hydrogen-bond acceptors (Lipinski definition) is 7. The van der Waals surface area contributed by atoms with Gasteiger partial charge in [0.2, 0.25) is 0 Å². The molecule has 8 nitrogen and oxygen atoms in total. The van der Waals surface area contributed by atoms with Crippen molar-refractivity contribution >= 4 is 17.7 Å². The summed E-state index contributed by atoms with van der Waals surface area (Å²) in [5.41, 5.74) is 3.70. The number of hydrogen-bond donors (Lipinski definition) is 1. The lowest BCUT2D eigenvalue weighted by molar-refractivity contribution is 0.0932. The Kier molecular flexibility index (Phi) is 6.50. The van der Waals surface area contributed by atoms with Gasteiger partial charge in [-0.05, 0) is 57.0 Å². The first kappa shape index (κ1) is 21.3. The maximum Gasteiger partial charge on any atom is 0.274 e. The lowest BCUT2D eigenvalue weighted by Gasteiger charge is -2.12. The van der Waals surface area contributed by atoms with E-state index in [1.807, 2.05) is 44.2 Å². The Hall–Kier alpha value is -2.94. The number of carbonyl (C=O) groups is 1. The molecule has 1 N–H and O–H groups in total. The van der Waals surface area contributed by atoms with E-state index in [0.717, 1.165) is 48.5 Å². The molecule has 2 aromatic heterocycles. The van der Waals surface area contributed by atoms with Gasteiger partial charge in [-0.2, -0.15) is 0 Å². The third-order valence-electron chi connectivity index (χ3n) is 5.29. The van der Waals surface area contributed by atoms with Crippen LogP contribution in [0, 0.1) is 13.8 Å². The molecule has 0 saturated heterocycles. The van der Waals surface area contributed by atoms with Gasteiger partial charge in [0.1, 0.15) is 5.75 Å². The number of thioether (sulfide) groups is 1. The van der Waals surface area contributed by atoms with E-state index in [-0.39, 0.29) is 11.9 Å². The molecule has 3 aromatic rings. The number of carbonyl (C=O) groups excluding carboxylic acids is 1. The minimum atomic E-state index is -0.177. The largest absolute Gasteiger partial charge is 0.497 e. The molecule has 0 spiro atoms. The maximum absolute atomic E-state index is 13.0. The molecule has 31 heavy (non-hydrogen) atoms. The molecule has 1 aromatic carbocycles. The number of methoxy groups -OCH3 is 1. The molecular weight excluding hydrogens is 412 g/mol. The average molecular weight is 439 g/mol. The van der Waals surface area contributed by atoms with Crippen molar-refractivity contribution in [2.75, 3.05) is 7.11 Å². The van der Waals surface area contributed by atoms with E-state index in [4.69, 9.17) is 4.74 Å². The average Bonchev–Trinajstić information content (AvgIpc) is 3.41. The van der Waals surface area contributed by atoms with Crippen LogP contribution in [0.25, 0.3) is 5.69 Å². The quantitative estimate of drug-likeness (QED) is 0.444. The van der Waals surface area contributed by atoms with Gasteiger partial charge in [0, 0.05) is 23.2 Å². The van der Waals surface area contributed by atoms with Crippen molar-refractivity contribution in [3.05, 3.63) is 53.1 Å². The first-order valence-corrected chi connectivity index (χ1v) is 11.4. The van der Waals surface area contributed by atoms with Gasteiger partial charge in [-0.15, -0.1) is 5.10 Å². The molecule has 0 bridgehead atoms. The number of nitrogens with zero attached hydrogens (tertiary/aromatic N) is 5. The SMILES string of the molecule is COc1ccc(-n2nnc(C(=O)NC3CCCC3)c2CSc2nc(C)cc(C)n2)cc1. The van der Waals surface area contributed by atoms with Crippen molar-refractivity contribution in [3.8, 4) is 11.4 Å². The minimum absolute atomic E-state index is 0.177. The van der Waals surface area contributed by atoms with Crippen molar-refractivity contribution in [3.63, 3.8) is 0 Å². The van der Waals surface area contributed by atoms with E-state index in [0.29, 0.717) is 22.3 Å². The van der Waals surface area contributed by atoms with E-state index in [1.165, 1.54) is 11.8 Å². The van der Waals surface area contributed by atoms with Crippen LogP contribution in [0.1, 0.15) is 53.3 Å². The molecule has 1 amide bonds. The van der Waals surface area contributed by atoms with Crippen LogP contribution in [0.4, 0.5) is 0 Å². The number of rotatable bonds is 7. The Morgan fingerprint density at radius 2 is 1.84 bits per heavy atom. The van der Waals surface area contributed by atoms with Gasteiger partial charge in [-0.3, -0.25) is 4.79 Å². The zero-order valence-electron chi connectivity index (χ0n) is 18.0. The van der Waals surface area contributed by atoms with Gasteiger partial charge in [0.25, 0.3) is 5.91 Å². The monoisotopic (exact) mass is 438 g/mol. The molecule has 0 atom stereocenters. The fourth-order valence-electron chi connectivity index (χ4n) is 3.75. The summed E-state index contributed by atoms with van der Waals surface area (Å²) in [6, 6.07) is 9.66. The van der Waals surface area contributed by atoms with Crippen LogP contribution in [0.2, 0.25) is 0 Å². The van der Waals surface area contributed by atoms with E-state index in [9.17, 15) is 4.79 Å². The second-order valence-corrected chi connectivity index (χ2v) is 8.61. The molecule has 1 aliphatic rings. The van der Waals surface area contributed by atoms with Crippen LogP contribution >= 0.6 is 11.8 Å². The van der Waals surface area contributed by atoms with Crippen LogP contribution in [0.15, 0.2) is 35.5 Å². The molecular formula is C22H26N6O2S. The van der Waals surface area contributed by atoms with E-state index >= 15 is 0 Å². The number of amides is 1. The summed E-state index contributed by atoms with van der Waals surface area (Å²) in [5, 5.41) is 12.3. The van der Waals surface area contributed by atoms with Gasteiger partial charge in [0.05, 0.1) is 18.5 Å². The molecule has 1 aliphatic carbocycles. The molecule has 0 unspecified atom stereocenters. The highest BCUT2D eigenvalue weighted by atomic mass is 32.2. The molecule has 162 valence electrons. The number of aryl methyl sites for hydroxylation is 2. The zero-order valence-corrected chi connectivity index (χ0v) is 18.8. The fourth-order valence-corrected chi connectivity index (χ4v) is 4.70. The van der Waals surface area contributed by atoms with Gasteiger partial charge in [-0.1, -0.05) is 29.8 Å². The zero-order chi connectivity index (χ0) is 21.8. The first-order chi connectivity index (χ1) is 15.0. The molecule has 2 heterocycles. The highest BCUT2D eigenvalue weighted by Gasteiger charge is 2.25. The lowest BCUT2D eigenvalue weighted by atomic mass is 10.2. The Morgan fingerprint density at radius 1 is 1.16 bits per heavy atom. The molecule has 1 saturated carbocycles. The van der Waals surface area contributed by atoms with Crippen LogP contribution in [0.3, 0.4) is 0 Å². The van der Waals surface area contributed by atoms with Gasteiger partial charge in [0.15, 0.2) is 10.9 Å². The van der Waals surface area contributed by atoms with Crippen molar-refractivity contribution in [2.45, 2.75) is 56.5 Å². The Balaban J connectivity index is 1.63. The van der Waals surface area contributed by atoms with E-state index in [1.54, 1.807) is 11.8 Å². The van der Waals surface area contributed by atoms with Crippen molar-refractivity contribution in [1.29, 1.82) is 0 Å². The highest BCUT2D eigenvalue weighted by molar-refractivity contribution is 7.98. The molecule has 0 radical (unpaired) electrons. The summed E-state index contributed by atoms with van der Waals surface area (Å²) in [6.45, 7) is 3.89. The predicted molar refractivity (Wildman–Crippen MR) is 119 cm³/mol. The third kappa shape index (κ3) is 5.04. The Bertz CT molecular complexity index is 1040. The maximum atomic E-state index is 13.0. The fraction of sp³-hybridized carbons (Fsp3) is 0.409. The summed E-state index contributed by atoms with van der Waals surface area (Å²) < 4.78 is 6.96. The summed E-state index contributed by atoms with van der Waals surface area (Å²) >= 11 is 1.47. The second-order valence-electron chi connectivity index (χ2n) is 7.67. The van der Waals surface area contributed by atoms with Gasteiger partial charge < -0.3 is 10.1 Å². The number of nitrogens with one attached hydrogen (secondary N) is 1. The summed E-state index contributed by atoms with van der Waals surface area (Å²) in [4.78, 5) is 22.0. The predicted octanol–water partition coefficient (Wildman–Crippen LogP) is 3.65. The van der Waals surface area contributed by atoms with Crippen molar-refractivity contribution < 1.29 is 9.53 Å². The third-order valence-corrected chi connectivity index (χ3v) is 6.14. The Labute approximate surface area is 185 Å². The molecule has 4 rings (SSSR count). The molecule has 0 aliphatic heterocycles. The molecule has 1 fully saturated rings. The number of benzene rings is 1. The second kappa shape index (κ2) is 9.47. The summed E-state index contributed by atoms with van der Waals surface area (Å²) in [6.07, 6.45) is 4.32. The summed E-state index contributed by atoms with van der Waals surface area (Å²) in [7, 11) is 1.63. The van der Waals surface area contributed by atoms with E-state index in [2.05, 4.69) is 25.6 Å². The first-order valence-electron chi connectivity index (χ1n) is 10.4. The standard InChI is InChI=1S/C22H26N6O2S/c1-14-12-15(2)24-22(23-14)31-13-19-20(21(29)25-16-6-4-5-7-16)26-27-28(19)17-8-10-18(30-3)11-9-17/h8-12,16H,4-7,13H2,1-3H3,(H,25,29). The van der Waals surface area contributed by atoms with Crippen molar-refractivity contribution in [1.82, 2.24) is 30.3 Å². The van der Waals surface area contributed by atoms with Crippen LogP contribution in [-0.4, -0.2) is 44.0 Å². The van der Waals surface area contributed by atoms with Crippen LogP contribution < -0.4 is 10.1 Å². The summed E-state index contributed by atoms with van der Waals surface area (Å²) in [5.74, 6) is 1.04.